The molecule has 1 heterocycles. The maximum absolute atomic E-state index is 12.0. The summed E-state index contributed by atoms with van der Waals surface area (Å²) in [5.74, 6) is -1.94. The number of rotatable bonds is 7. The van der Waals surface area contributed by atoms with Crippen molar-refractivity contribution in [3.63, 3.8) is 0 Å². The van der Waals surface area contributed by atoms with Gasteiger partial charge in [-0.25, -0.2) is 9.48 Å². The van der Waals surface area contributed by atoms with Crippen molar-refractivity contribution in [1.82, 2.24) is 20.6 Å². The van der Waals surface area contributed by atoms with Crippen LogP contribution in [-0.2, 0) is 20.9 Å². The summed E-state index contributed by atoms with van der Waals surface area (Å²) >= 11 is 12.6. The van der Waals surface area contributed by atoms with Crippen LogP contribution in [0.1, 0.15) is 27.2 Å². The number of esters is 1. The van der Waals surface area contributed by atoms with Gasteiger partial charge in [-0.15, -0.1) is 0 Å². The lowest BCUT2D eigenvalue weighted by Gasteiger charge is -2.07. The van der Waals surface area contributed by atoms with Gasteiger partial charge >= 0.3 is 5.97 Å². The van der Waals surface area contributed by atoms with Crippen LogP contribution in [0.25, 0.3) is 6.08 Å². The molecule has 0 atom stereocenters. The quantitative estimate of drug-likeness (QED) is 0.302. The molecule has 0 aliphatic carbocycles. The molecule has 0 saturated carbocycles. The SMILES string of the molecule is Cc1nn(Cc2ccccc2Cl)c(Cl)c1/C=C/C(=O)OCC(=O)NNC(=O)c1ccccc1. The highest BCUT2D eigenvalue weighted by molar-refractivity contribution is 6.32. The van der Waals surface area contributed by atoms with Gasteiger partial charge in [-0.05, 0) is 36.8 Å². The van der Waals surface area contributed by atoms with Crippen molar-refractivity contribution < 1.29 is 19.1 Å². The van der Waals surface area contributed by atoms with Gasteiger partial charge in [-0.3, -0.25) is 20.4 Å². The number of carbonyl (C=O) groups excluding carboxylic acids is 3. The summed E-state index contributed by atoms with van der Waals surface area (Å²) in [4.78, 5) is 35.7. The molecule has 33 heavy (non-hydrogen) atoms. The summed E-state index contributed by atoms with van der Waals surface area (Å²) in [6.45, 7) is 1.55. The average molecular weight is 487 g/mol. The summed E-state index contributed by atoms with van der Waals surface area (Å²) in [5, 5.41) is 5.31. The molecule has 2 N–H and O–H groups in total. The molecule has 8 nitrogen and oxygen atoms in total. The number of halogens is 2. The predicted molar refractivity (Wildman–Crippen MR) is 125 cm³/mol. The first kappa shape index (κ1) is 24.0. The Kier molecular flexibility index (Phi) is 8.23. The van der Waals surface area contributed by atoms with Crippen LogP contribution in [0.5, 0.6) is 0 Å². The third kappa shape index (κ3) is 6.68. The zero-order valence-corrected chi connectivity index (χ0v) is 19.1. The average Bonchev–Trinajstić information content (AvgIpc) is 3.08. The van der Waals surface area contributed by atoms with Crippen LogP contribution in [-0.4, -0.2) is 34.2 Å². The van der Waals surface area contributed by atoms with E-state index in [1.165, 1.54) is 6.08 Å². The van der Waals surface area contributed by atoms with E-state index in [2.05, 4.69) is 16.0 Å². The molecule has 0 saturated heterocycles. The number of aryl methyl sites for hydroxylation is 1. The lowest BCUT2D eigenvalue weighted by molar-refractivity contribution is -0.144. The second-order valence-electron chi connectivity index (χ2n) is 6.85. The van der Waals surface area contributed by atoms with Crippen LogP contribution in [0.4, 0.5) is 0 Å². The Labute approximate surface area is 200 Å². The Balaban J connectivity index is 1.51. The highest BCUT2D eigenvalue weighted by Gasteiger charge is 2.14. The fraction of sp³-hybridized carbons (Fsp3) is 0.130. The number of aromatic nitrogens is 2. The van der Waals surface area contributed by atoms with Gasteiger partial charge in [0.2, 0.25) is 0 Å². The minimum absolute atomic E-state index is 0.331. The molecule has 0 spiro atoms. The van der Waals surface area contributed by atoms with Gasteiger partial charge in [0.05, 0.1) is 12.2 Å². The van der Waals surface area contributed by atoms with Crippen LogP contribution in [0.2, 0.25) is 10.2 Å². The zero-order chi connectivity index (χ0) is 23.8. The van der Waals surface area contributed by atoms with Crippen molar-refractivity contribution in [3.8, 4) is 0 Å². The highest BCUT2D eigenvalue weighted by Crippen LogP contribution is 2.24. The van der Waals surface area contributed by atoms with Crippen LogP contribution in [0.3, 0.4) is 0 Å². The smallest absolute Gasteiger partial charge is 0.331 e. The molecule has 1 aromatic heterocycles. The van der Waals surface area contributed by atoms with Gasteiger partial charge in [-0.1, -0.05) is 59.6 Å². The molecule has 0 aliphatic rings. The molecule has 0 radical (unpaired) electrons. The number of nitrogens with zero attached hydrogens (tertiary/aromatic N) is 2. The van der Waals surface area contributed by atoms with Gasteiger partial charge < -0.3 is 4.74 Å². The maximum Gasteiger partial charge on any atom is 0.331 e. The molecule has 10 heteroatoms. The van der Waals surface area contributed by atoms with Crippen molar-refractivity contribution in [3.05, 3.63) is 93.2 Å². The molecule has 3 aromatic rings. The molecular weight excluding hydrogens is 467 g/mol. The molecule has 0 bridgehead atoms. The third-order valence-corrected chi connectivity index (χ3v) is 5.24. The van der Waals surface area contributed by atoms with Gasteiger partial charge in [0.1, 0.15) is 5.15 Å². The molecular formula is C23H20Cl2N4O4. The summed E-state index contributed by atoms with van der Waals surface area (Å²) in [7, 11) is 0. The number of hydrazine groups is 1. The summed E-state index contributed by atoms with van der Waals surface area (Å²) < 4.78 is 6.46. The Morgan fingerprint density at radius 1 is 1.03 bits per heavy atom. The first-order chi connectivity index (χ1) is 15.8. The predicted octanol–water partition coefficient (Wildman–Crippen LogP) is 3.56. The Morgan fingerprint density at radius 3 is 2.45 bits per heavy atom. The van der Waals surface area contributed by atoms with Crippen LogP contribution >= 0.6 is 23.2 Å². The number of hydrogen-bond acceptors (Lipinski definition) is 5. The lowest BCUT2D eigenvalue weighted by atomic mass is 10.2. The number of hydrogen-bond donors (Lipinski definition) is 2. The van der Waals surface area contributed by atoms with Crippen molar-refractivity contribution in [2.24, 2.45) is 0 Å². The molecule has 0 fully saturated rings. The zero-order valence-electron chi connectivity index (χ0n) is 17.5. The largest absolute Gasteiger partial charge is 0.452 e. The van der Waals surface area contributed by atoms with E-state index in [0.29, 0.717) is 33.5 Å². The van der Waals surface area contributed by atoms with Crippen LogP contribution in [0, 0.1) is 6.92 Å². The minimum atomic E-state index is -0.756. The normalized spacial score (nSPS) is 10.8. The number of amides is 2. The van der Waals surface area contributed by atoms with Gasteiger partial charge in [0, 0.05) is 22.2 Å². The van der Waals surface area contributed by atoms with E-state index in [1.54, 1.807) is 48.0 Å². The Morgan fingerprint density at radius 2 is 1.73 bits per heavy atom. The minimum Gasteiger partial charge on any atom is -0.452 e. The molecule has 3 rings (SSSR count). The van der Waals surface area contributed by atoms with E-state index >= 15 is 0 Å². The number of ether oxygens (including phenoxy) is 1. The highest BCUT2D eigenvalue weighted by atomic mass is 35.5. The fourth-order valence-electron chi connectivity index (χ4n) is 2.81. The van der Waals surface area contributed by atoms with Crippen LogP contribution < -0.4 is 10.9 Å². The van der Waals surface area contributed by atoms with E-state index in [0.717, 1.165) is 11.6 Å². The third-order valence-electron chi connectivity index (χ3n) is 4.47. The number of carbonyl (C=O) groups is 3. The maximum atomic E-state index is 12.0. The first-order valence-electron chi connectivity index (χ1n) is 9.80. The van der Waals surface area contributed by atoms with E-state index in [-0.39, 0.29) is 0 Å². The Bertz CT molecular complexity index is 1190. The van der Waals surface area contributed by atoms with Gasteiger partial charge in [0.15, 0.2) is 6.61 Å². The van der Waals surface area contributed by atoms with E-state index in [4.69, 9.17) is 27.9 Å². The summed E-state index contributed by atoms with van der Waals surface area (Å²) in [6.07, 6.45) is 2.61. The topological polar surface area (TPSA) is 102 Å². The van der Waals surface area contributed by atoms with E-state index < -0.39 is 24.4 Å². The van der Waals surface area contributed by atoms with Gasteiger partial charge in [-0.2, -0.15) is 5.10 Å². The first-order valence-corrected chi connectivity index (χ1v) is 10.6. The Hall–Kier alpha value is -3.62. The number of nitrogens with one attached hydrogen (secondary N) is 2. The molecule has 2 aromatic carbocycles. The molecule has 0 aliphatic heterocycles. The fourth-order valence-corrected chi connectivity index (χ4v) is 3.30. The molecule has 0 unspecified atom stereocenters. The molecule has 170 valence electrons. The van der Waals surface area contributed by atoms with Crippen LogP contribution in [0.15, 0.2) is 60.7 Å². The van der Waals surface area contributed by atoms with Crippen molar-refractivity contribution in [1.29, 1.82) is 0 Å². The number of benzene rings is 2. The summed E-state index contributed by atoms with van der Waals surface area (Å²) in [6, 6.07) is 15.7. The molecule has 2 amide bonds. The van der Waals surface area contributed by atoms with E-state index in [9.17, 15) is 14.4 Å². The monoisotopic (exact) mass is 486 g/mol. The van der Waals surface area contributed by atoms with Gasteiger partial charge in [0.25, 0.3) is 11.8 Å². The second kappa shape index (κ2) is 11.3. The standard InChI is InChI=1S/C23H20Cl2N4O4/c1-15-18(22(25)29(28-15)13-17-9-5-6-10-19(17)24)11-12-21(31)33-14-20(30)26-27-23(32)16-7-3-2-4-8-16/h2-12H,13-14H2,1H3,(H,26,30)(H,27,32)/b12-11+. The lowest BCUT2D eigenvalue weighted by Crippen LogP contribution is -2.43. The van der Waals surface area contributed by atoms with Crippen molar-refractivity contribution in [2.75, 3.05) is 6.61 Å². The van der Waals surface area contributed by atoms with E-state index in [1.807, 2.05) is 18.2 Å². The second-order valence-corrected chi connectivity index (χ2v) is 7.61. The van der Waals surface area contributed by atoms with Crippen molar-refractivity contribution >= 4 is 47.1 Å². The summed E-state index contributed by atoms with van der Waals surface area (Å²) in [5.41, 5.74) is 6.79. The van der Waals surface area contributed by atoms with Crippen molar-refractivity contribution in [2.45, 2.75) is 13.5 Å².